The number of rotatable bonds is 5. The first-order chi connectivity index (χ1) is 10.7. The minimum absolute atomic E-state index is 0. The maximum atomic E-state index is 12.8. The van der Waals surface area contributed by atoms with E-state index in [2.05, 4.69) is 5.32 Å². The zero-order valence-corrected chi connectivity index (χ0v) is 15.0. The molecule has 0 aromatic heterocycles. The van der Waals surface area contributed by atoms with Crippen LogP contribution in [0.1, 0.15) is 24.8 Å². The van der Waals surface area contributed by atoms with Gasteiger partial charge in [-0.15, -0.1) is 12.4 Å². The van der Waals surface area contributed by atoms with Crippen molar-refractivity contribution in [2.24, 2.45) is 5.92 Å². The number of piperidine rings is 1. The molecule has 0 unspecified atom stereocenters. The van der Waals surface area contributed by atoms with E-state index in [1.165, 1.54) is 10.4 Å². The lowest BCUT2D eigenvalue weighted by atomic mass is 9.95. The monoisotopic (exact) mass is 386 g/mol. The summed E-state index contributed by atoms with van der Waals surface area (Å²) in [5.41, 5.74) is -0.942. The second-order valence-corrected chi connectivity index (χ2v) is 7.70. The first-order valence-corrected chi connectivity index (χ1v) is 9.01. The summed E-state index contributed by atoms with van der Waals surface area (Å²) in [5, 5.41) is 3.06. The molecule has 1 aromatic rings. The molecular formula is C15H22ClF3N2O2S. The predicted octanol–water partition coefficient (Wildman–Crippen LogP) is 3.14. The zero-order chi connectivity index (χ0) is 17.1. The van der Waals surface area contributed by atoms with Gasteiger partial charge in [0.2, 0.25) is 10.0 Å². The Bertz CT molecular complexity index is 630. The van der Waals surface area contributed by atoms with Gasteiger partial charge in [-0.25, -0.2) is 8.42 Å². The average molecular weight is 387 g/mol. The molecule has 1 aliphatic heterocycles. The van der Waals surface area contributed by atoms with Crippen LogP contribution in [-0.4, -0.2) is 39.4 Å². The molecule has 0 amide bonds. The summed E-state index contributed by atoms with van der Waals surface area (Å²) < 4.78 is 64.6. The molecule has 9 heteroatoms. The van der Waals surface area contributed by atoms with Gasteiger partial charge < -0.3 is 5.32 Å². The van der Waals surface area contributed by atoms with E-state index >= 15 is 0 Å². The van der Waals surface area contributed by atoms with Crippen LogP contribution in [-0.2, 0) is 16.2 Å². The first kappa shape index (κ1) is 21.2. The lowest BCUT2D eigenvalue weighted by Crippen LogP contribution is -2.39. The van der Waals surface area contributed by atoms with Crippen LogP contribution in [0.15, 0.2) is 29.2 Å². The average Bonchev–Trinajstić information content (AvgIpc) is 2.52. The number of alkyl halides is 3. The van der Waals surface area contributed by atoms with Crippen LogP contribution in [0, 0.1) is 5.92 Å². The van der Waals surface area contributed by atoms with E-state index in [-0.39, 0.29) is 17.3 Å². The highest BCUT2D eigenvalue weighted by Gasteiger charge is 2.34. The molecule has 0 bridgehead atoms. The van der Waals surface area contributed by atoms with Crippen LogP contribution in [0.25, 0.3) is 0 Å². The standard InChI is InChI=1S/C15H21F3N2O2S.ClH/c1-19-8-5-12-6-9-20(10-7-12)23(21,22)14-4-2-3-13(11-14)15(16,17)18;/h2-4,11-12,19H,5-10H2,1H3;1H. The molecular weight excluding hydrogens is 365 g/mol. The Balaban J connectivity index is 0.00000288. The molecule has 138 valence electrons. The molecule has 24 heavy (non-hydrogen) atoms. The Labute approximate surface area is 146 Å². The van der Waals surface area contributed by atoms with Gasteiger partial charge in [-0.05, 0) is 57.0 Å². The predicted molar refractivity (Wildman–Crippen MR) is 88.7 cm³/mol. The molecule has 0 atom stereocenters. The van der Waals surface area contributed by atoms with Crippen molar-refractivity contribution in [1.82, 2.24) is 9.62 Å². The lowest BCUT2D eigenvalue weighted by Gasteiger charge is -2.31. The van der Waals surface area contributed by atoms with Crippen LogP contribution in [0.2, 0.25) is 0 Å². The third-order valence-corrected chi connectivity index (χ3v) is 6.07. The highest BCUT2D eigenvalue weighted by Crippen LogP contribution is 2.32. The Morgan fingerprint density at radius 1 is 1.25 bits per heavy atom. The summed E-state index contributed by atoms with van der Waals surface area (Å²) in [6.07, 6.45) is -2.10. The van der Waals surface area contributed by atoms with Gasteiger partial charge in [0, 0.05) is 13.1 Å². The Kier molecular flexibility index (Phi) is 7.52. The molecule has 1 aromatic carbocycles. The molecule has 0 spiro atoms. The second kappa shape index (κ2) is 8.51. The van der Waals surface area contributed by atoms with Gasteiger partial charge in [-0.3, -0.25) is 0 Å². The SMILES string of the molecule is CNCCC1CCN(S(=O)(=O)c2cccc(C(F)(F)F)c2)CC1.Cl. The summed E-state index contributed by atoms with van der Waals surface area (Å²) >= 11 is 0. The van der Waals surface area contributed by atoms with Gasteiger partial charge in [0.25, 0.3) is 0 Å². The fourth-order valence-electron chi connectivity index (χ4n) is 2.77. The van der Waals surface area contributed by atoms with Crippen LogP contribution < -0.4 is 5.32 Å². The summed E-state index contributed by atoms with van der Waals surface area (Å²) in [7, 11) is -2.00. The van der Waals surface area contributed by atoms with Crippen molar-refractivity contribution in [3.8, 4) is 0 Å². The number of nitrogens with one attached hydrogen (secondary N) is 1. The third kappa shape index (κ3) is 5.08. The molecule has 1 saturated heterocycles. The summed E-state index contributed by atoms with van der Waals surface area (Å²) in [6, 6.07) is 3.94. The van der Waals surface area contributed by atoms with Gasteiger partial charge in [-0.2, -0.15) is 17.5 Å². The fraction of sp³-hybridized carbons (Fsp3) is 0.600. The molecule has 1 N–H and O–H groups in total. The van der Waals surface area contributed by atoms with E-state index < -0.39 is 21.8 Å². The van der Waals surface area contributed by atoms with Crippen LogP contribution >= 0.6 is 12.4 Å². The van der Waals surface area contributed by atoms with Crippen molar-refractivity contribution < 1.29 is 21.6 Å². The summed E-state index contributed by atoms with van der Waals surface area (Å²) in [6.45, 7) is 1.59. The van der Waals surface area contributed by atoms with Crippen molar-refractivity contribution >= 4 is 22.4 Å². The number of benzene rings is 1. The van der Waals surface area contributed by atoms with Crippen molar-refractivity contribution in [2.45, 2.75) is 30.3 Å². The van der Waals surface area contributed by atoms with Crippen LogP contribution in [0.3, 0.4) is 0 Å². The molecule has 4 nitrogen and oxygen atoms in total. The number of sulfonamides is 1. The third-order valence-electron chi connectivity index (χ3n) is 4.18. The molecule has 0 aliphatic carbocycles. The first-order valence-electron chi connectivity index (χ1n) is 7.57. The minimum atomic E-state index is -4.55. The quantitative estimate of drug-likeness (QED) is 0.845. The van der Waals surface area contributed by atoms with Crippen LogP contribution in [0.4, 0.5) is 13.2 Å². The van der Waals surface area contributed by atoms with Gasteiger partial charge in [0.15, 0.2) is 0 Å². The number of halogens is 4. The maximum absolute atomic E-state index is 12.8. The number of hydrogen-bond acceptors (Lipinski definition) is 3. The highest BCUT2D eigenvalue weighted by molar-refractivity contribution is 7.89. The number of nitrogens with zero attached hydrogens (tertiary/aromatic N) is 1. The van der Waals surface area contributed by atoms with E-state index in [1.54, 1.807) is 0 Å². The Morgan fingerprint density at radius 2 is 1.88 bits per heavy atom. The van der Waals surface area contributed by atoms with Crippen molar-refractivity contribution in [3.63, 3.8) is 0 Å². The van der Waals surface area contributed by atoms with E-state index in [1.807, 2.05) is 7.05 Å². The van der Waals surface area contributed by atoms with E-state index in [9.17, 15) is 21.6 Å². The Hall–Kier alpha value is -0.830. The van der Waals surface area contributed by atoms with Crippen molar-refractivity contribution in [2.75, 3.05) is 26.7 Å². The fourth-order valence-corrected chi connectivity index (χ4v) is 4.28. The molecule has 1 aliphatic rings. The largest absolute Gasteiger partial charge is 0.416 e. The van der Waals surface area contributed by atoms with E-state index in [0.717, 1.165) is 37.9 Å². The number of hydrogen-bond donors (Lipinski definition) is 1. The lowest BCUT2D eigenvalue weighted by molar-refractivity contribution is -0.137. The van der Waals surface area contributed by atoms with Crippen molar-refractivity contribution in [3.05, 3.63) is 29.8 Å². The summed E-state index contributed by atoms with van der Waals surface area (Å²) in [5.74, 6) is 0.454. The van der Waals surface area contributed by atoms with Gasteiger partial charge >= 0.3 is 6.18 Å². The second-order valence-electron chi connectivity index (χ2n) is 5.77. The molecule has 1 fully saturated rings. The highest BCUT2D eigenvalue weighted by atomic mass is 35.5. The van der Waals surface area contributed by atoms with Gasteiger partial charge in [0.05, 0.1) is 10.5 Å². The topological polar surface area (TPSA) is 49.4 Å². The molecule has 2 rings (SSSR count). The van der Waals surface area contributed by atoms with Gasteiger partial charge in [0.1, 0.15) is 0 Å². The zero-order valence-electron chi connectivity index (χ0n) is 13.3. The van der Waals surface area contributed by atoms with E-state index in [0.29, 0.717) is 25.1 Å². The van der Waals surface area contributed by atoms with E-state index in [4.69, 9.17) is 0 Å². The Morgan fingerprint density at radius 3 is 2.42 bits per heavy atom. The molecule has 1 heterocycles. The van der Waals surface area contributed by atoms with Gasteiger partial charge in [-0.1, -0.05) is 6.07 Å². The van der Waals surface area contributed by atoms with Crippen molar-refractivity contribution in [1.29, 1.82) is 0 Å². The molecule has 0 saturated carbocycles. The smallest absolute Gasteiger partial charge is 0.320 e. The maximum Gasteiger partial charge on any atom is 0.416 e. The minimum Gasteiger partial charge on any atom is -0.320 e. The van der Waals surface area contributed by atoms with Crippen LogP contribution in [0.5, 0.6) is 0 Å². The normalized spacial score (nSPS) is 17.5. The molecule has 0 radical (unpaired) electrons. The summed E-state index contributed by atoms with van der Waals surface area (Å²) in [4.78, 5) is -0.291.